The Bertz CT molecular complexity index is 596. The van der Waals surface area contributed by atoms with Crippen molar-refractivity contribution in [1.82, 2.24) is 20.2 Å². The molecule has 114 valence electrons. The monoisotopic (exact) mass is 289 g/mol. The highest BCUT2D eigenvalue weighted by molar-refractivity contribution is 5.65. The van der Waals surface area contributed by atoms with E-state index in [2.05, 4.69) is 36.3 Å². The molecule has 0 saturated heterocycles. The van der Waals surface area contributed by atoms with Crippen molar-refractivity contribution < 1.29 is 4.74 Å². The quantitative estimate of drug-likeness (QED) is 0.827. The molecular formula is C15H23N5O. The van der Waals surface area contributed by atoms with Gasteiger partial charge >= 0.3 is 0 Å². The molecule has 0 unspecified atom stereocenters. The number of aromatic nitrogens is 4. The van der Waals surface area contributed by atoms with Crippen molar-refractivity contribution in [3.8, 4) is 17.1 Å². The molecule has 0 atom stereocenters. The lowest BCUT2D eigenvalue weighted by Crippen LogP contribution is -2.33. The normalized spacial score (nSPS) is 11.6. The summed E-state index contributed by atoms with van der Waals surface area (Å²) in [5.74, 6) is 1.39. The topological polar surface area (TPSA) is 78.9 Å². The Kier molecular flexibility index (Phi) is 4.45. The van der Waals surface area contributed by atoms with Crippen molar-refractivity contribution in [2.24, 2.45) is 0 Å². The Morgan fingerprint density at radius 3 is 2.43 bits per heavy atom. The number of nitrogen functional groups attached to an aromatic ring is 1. The summed E-state index contributed by atoms with van der Waals surface area (Å²) in [5, 5.41) is 12.3. The molecule has 0 bridgehead atoms. The van der Waals surface area contributed by atoms with Crippen LogP contribution in [-0.4, -0.2) is 27.3 Å². The van der Waals surface area contributed by atoms with E-state index in [9.17, 15) is 0 Å². The molecule has 0 aliphatic carbocycles. The highest BCUT2D eigenvalue weighted by Crippen LogP contribution is 2.34. The number of tetrazole rings is 1. The maximum Gasteiger partial charge on any atom is 0.182 e. The van der Waals surface area contributed by atoms with Gasteiger partial charge in [-0.25, -0.2) is 4.68 Å². The highest BCUT2D eigenvalue weighted by atomic mass is 16.5. The van der Waals surface area contributed by atoms with E-state index < -0.39 is 0 Å². The van der Waals surface area contributed by atoms with Crippen molar-refractivity contribution in [3.05, 3.63) is 18.2 Å². The molecule has 0 aliphatic heterocycles. The first kappa shape index (κ1) is 15.3. The van der Waals surface area contributed by atoms with Crippen LogP contribution >= 0.6 is 0 Å². The fourth-order valence-electron chi connectivity index (χ4n) is 2.74. The van der Waals surface area contributed by atoms with Crippen LogP contribution in [0.1, 0.15) is 40.0 Å². The number of nitrogens with zero attached hydrogens (tertiary/aromatic N) is 4. The molecule has 2 rings (SSSR count). The van der Waals surface area contributed by atoms with Gasteiger partial charge in [-0.05, 0) is 47.9 Å². The average Bonchev–Trinajstić information content (AvgIpc) is 3.00. The molecule has 1 aromatic carbocycles. The van der Waals surface area contributed by atoms with E-state index in [4.69, 9.17) is 10.5 Å². The van der Waals surface area contributed by atoms with Gasteiger partial charge in [0.25, 0.3) is 0 Å². The minimum absolute atomic E-state index is 0.0620. The summed E-state index contributed by atoms with van der Waals surface area (Å²) >= 11 is 0. The van der Waals surface area contributed by atoms with E-state index in [-0.39, 0.29) is 5.54 Å². The predicted octanol–water partition coefficient (Wildman–Crippen LogP) is 2.86. The van der Waals surface area contributed by atoms with Crippen LogP contribution in [0.4, 0.5) is 5.69 Å². The molecule has 0 fully saturated rings. The Hall–Kier alpha value is -2.11. The van der Waals surface area contributed by atoms with Gasteiger partial charge in [-0.1, -0.05) is 20.8 Å². The van der Waals surface area contributed by atoms with Gasteiger partial charge in [-0.15, -0.1) is 5.10 Å². The third-order valence-corrected chi connectivity index (χ3v) is 4.38. The molecular weight excluding hydrogens is 266 g/mol. The zero-order valence-corrected chi connectivity index (χ0v) is 13.1. The standard InChI is InChI=1S/C15H23N5O/c1-5-15(6-2,7-3)20-14(17-18-19-20)11-8-9-12(16)13(10-11)21-4/h8-10H,5-7,16H2,1-4H3. The molecule has 0 saturated carbocycles. The van der Waals surface area contributed by atoms with Crippen LogP contribution in [0.15, 0.2) is 18.2 Å². The number of hydrogen-bond donors (Lipinski definition) is 1. The second-order valence-electron chi connectivity index (χ2n) is 5.16. The summed E-state index contributed by atoms with van der Waals surface area (Å²) in [7, 11) is 1.60. The summed E-state index contributed by atoms with van der Waals surface area (Å²) in [6.07, 6.45) is 2.93. The smallest absolute Gasteiger partial charge is 0.182 e. The van der Waals surface area contributed by atoms with E-state index in [1.165, 1.54) is 0 Å². The first-order valence-electron chi connectivity index (χ1n) is 7.34. The van der Waals surface area contributed by atoms with Crippen molar-refractivity contribution >= 4 is 5.69 Å². The van der Waals surface area contributed by atoms with Crippen molar-refractivity contribution in [1.29, 1.82) is 0 Å². The van der Waals surface area contributed by atoms with Gasteiger partial charge in [-0.2, -0.15) is 0 Å². The molecule has 1 aromatic heterocycles. The van der Waals surface area contributed by atoms with E-state index >= 15 is 0 Å². The molecule has 0 amide bonds. The molecule has 6 nitrogen and oxygen atoms in total. The lowest BCUT2D eigenvalue weighted by Gasteiger charge is -2.31. The second kappa shape index (κ2) is 6.11. The van der Waals surface area contributed by atoms with Crippen LogP contribution in [0.5, 0.6) is 5.75 Å². The predicted molar refractivity (Wildman–Crippen MR) is 83.1 cm³/mol. The largest absolute Gasteiger partial charge is 0.495 e. The minimum atomic E-state index is -0.0620. The van der Waals surface area contributed by atoms with Crippen molar-refractivity contribution in [3.63, 3.8) is 0 Å². The summed E-state index contributed by atoms with van der Waals surface area (Å²) in [6, 6.07) is 5.62. The Morgan fingerprint density at radius 1 is 1.19 bits per heavy atom. The Labute approximate surface area is 125 Å². The Balaban J connectivity index is 2.54. The van der Waals surface area contributed by atoms with Gasteiger partial charge < -0.3 is 10.5 Å². The summed E-state index contributed by atoms with van der Waals surface area (Å²) in [5.41, 5.74) is 7.32. The van der Waals surface area contributed by atoms with Gasteiger partial charge in [0.15, 0.2) is 5.82 Å². The van der Waals surface area contributed by atoms with Crippen LogP contribution in [0.3, 0.4) is 0 Å². The number of rotatable bonds is 6. The van der Waals surface area contributed by atoms with Crippen LogP contribution in [0, 0.1) is 0 Å². The van der Waals surface area contributed by atoms with E-state index in [1.807, 2.05) is 22.9 Å². The maximum atomic E-state index is 5.87. The lowest BCUT2D eigenvalue weighted by atomic mass is 9.89. The molecule has 1 heterocycles. The summed E-state index contributed by atoms with van der Waals surface area (Å²) in [6.45, 7) is 6.51. The molecule has 2 aromatic rings. The average molecular weight is 289 g/mol. The minimum Gasteiger partial charge on any atom is -0.495 e. The number of anilines is 1. The van der Waals surface area contributed by atoms with Gasteiger partial charge in [0.1, 0.15) is 5.75 Å². The molecule has 0 radical (unpaired) electrons. The van der Waals surface area contributed by atoms with Crippen molar-refractivity contribution in [2.75, 3.05) is 12.8 Å². The van der Waals surface area contributed by atoms with Gasteiger partial charge in [-0.3, -0.25) is 0 Å². The third kappa shape index (κ3) is 2.57. The first-order chi connectivity index (χ1) is 10.1. The van der Waals surface area contributed by atoms with E-state index in [1.54, 1.807) is 7.11 Å². The van der Waals surface area contributed by atoms with Crippen LogP contribution in [0.2, 0.25) is 0 Å². The van der Waals surface area contributed by atoms with Gasteiger partial charge in [0, 0.05) is 5.56 Å². The summed E-state index contributed by atoms with van der Waals surface area (Å²) < 4.78 is 7.23. The molecule has 2 N–H and O–H groups in total. The molecule has 0 spiro atoms. The van der Waals surface area contributed by atoms with E-state index in [0.717, 1.165) is 30.7 Å². The zero-order chi connectivity index (χ0) is 15.5. The molecule has 0 aliphatic rings. The number of methoxy groups -OCH3 is 1. The SMILES string of the molecule is CCC(CC)(CC)n1nnnc1-c1ccc(N)c(OC)c1. The second-order valence-corrected chi connectivity index (χ2v) is 5.16. The fourth-order valence-corrected chi connectivity index (χ4v) is 2.74. The van der Waals surface area contributed by atoms with Crippen LogP contribution in [-0.2, 0) is 5.54 Å². The number of benzene rings is 1. The van der Waals surface area contributed by atoms with Gasteiger partial charge in [0.05, 0.1) is 18.3 Å². The molecule has 21 heavy (non-hydrogen) atoms. The number of hydrogen-bond acceptors (Lipinski definition) is 5. The zero-order valence-electron chi connectivity index (χ0n) is 13.1. The van der Waals surface area contributed by atoms with Gasteiger partial charge in [0.2, 0.25) is 0 Å². The van der Waals surface area contributed by atoms with Crippen LogP contribution in [0.25, 0.3) is 11.4 Å². The first-order valence-corrected chi connectivity index (χ1v) is 7.34. The fraction of sp³-hybridized carbons (Fsp3) is 0.533. The third-order valence-electron chi connectivity index (χ3n) is 4.38. The maximum absolute atomic E-state index is 5.87. The highest BCUT2D eigenvalue weighted by Gasteiger charge is 2.31. The Morgan fingerprint density at radius 2 is 1.86 bits per heavy atom. The van der Waals surface area contributed by atoms with E-state index in [0.29, 0.717) is 11.4 Å². The lowest BCUT2D eigenvalue weighted by molar-refractivity contribution is 0.223. The summed E-state index contributed by atoms with van der Waals surface area (Å²) in [4.78, 5) is 0. The van der Waals surface area contributed by atoms with Crippen molar-refractivity contribution in [2.45, 2.75) is 45.6 Å². The van der Waals surface area contributed by atoms with Crippen LogP contribution < -0.4 is 10.5 Å². The number of nitrogens with two attached hydrogens (primary N) is 1. The molecule has 6 heteroatoms. The number of ether oxygens (including phenoxy) is 1.